The van der Waals surface area contributed by atoms with Crippen molar-refractivity contribution in [3.63, 3.8) is 0 Å². The van der Waals surface area contributed by atoms with Gasteiger partial charge in [0.25, 0.3) is 0 Å². The second-order valence-electron chi connectivity index (χ2n) is 5.36. The lowest BCUT2D eigenvalue weighted by molar-refractivity contribution is 1.17. The Bertz CT molecular complexity index is 892. The summed E-state index contributed by atoms with van der Waals surface area (Å²) >= 11 is 6.26. The molecule has 3 aromatic carbocycles. The topological polar surface area (TPSA) is 4.93 Å². The molecule has 0 unspecified atom stereocenters. The van der Waals surface area contributed by atoms with Crippen LogP contribution in [-0.2, 0) is 0 Å². The van der Waals surface area contributed by atoms with Crippen LogP contribution in [0.5, 0.6) is 0 Å². The van der Waals surface area contributed by atoms with E-state index in [2.05, 4.69) is 66.1 Å². The molecule has 1 heterocycles. The normalized spacial score (nSPS) is 11.3. The number of fused-ring (bicyclic) bond motifs is 3. The van der Waals surface area contributed by atoms with Gasteiger partial charge in [0.15, 0.2) is 0 Å². The quantitative estimate of drug-likeness (QED) is 0.421. The summed E-state index contributed by atoms with van der Waals surface area (Å²) < 4.78 is 2.28. The van der Waals surface area contributed by atoms with E-state index in [1.807, 2.05) is 12.1 Å². The van der Waals surface area contributed by atoms with Crippen molar-refractivity contribution in [2.75, 3.05) is 0 Å². The van der Waals surface area contributed by atoms with E-state index < -0.39 is 0 Å². The van der Waals surface area contributed by atoms with E-state index in [4.69, 9.17) is 11.6 Å². The molecule has 0 bridgehead atoms. The van der Waals surface area contributed by atoms with Gasteiger partial charge in [-0.05, 0) is 42.8 Å². The van der Waals surface area contributed by atoms with Crippen LogP contribution in [0.3, 0.4) is 0 Å². The van der Waals surface area contributed by atoms with Crippen molar-refractivity contribution in [3.05, 3.63) is 77.3 Å². The fourth-order valence-corrected chi connectivity index (χ4v) is 3.33. The average Bonchev–Trinajstić information content (AvgIpc) is 2.81. The summed E-state index contributed by atoms with van der Waals surface area (Å²) in [6, 6.07) is 23.2. The minimum absolute atomic E-state index is 0.770. The zero-order valence-electron chi connectivity index (χ0n) is 11.7. The van der Waals surface area contributed by atoms with Crippen LogP contribution in [0.25, 0.3) is 27.5 Å². The first kappa shape index (κ1) is 12.5. The minimum atomic E-state index is 0.770. The highest BCUT2D eigenvalue weighted by atomic mass is 35.5. The number of nitrogens with zero attached hydrogens (tertiary/aromatic N) is 1. The zero-order valence-corrected chi connectivity index (χ0v) is 12.4. The van der Waals surface area contributed by atoms with E-state index in [1.165, 1.54) is 27.4 Å². The Morgan fingerprint density at radius 1 is 0.762 bits per heavy atom. The molecule has 0 saturated carbocycles. The molecule has 0 aliphatic heterocycles. The first-order valence-corrected chi connectivity index (χ1v) is 7.37. The predicted octanol–water partition coefficient (Wildman–Crippen LogP) is 5.75. The predicted molar refractivity (Wildman–Crippen MR) is 90.5 cm³/mol. The number of halogens is 1. The lowest BCUT2D eigenvalue weighted by Gasteiger charge is -2.09. The number of hydrogen-bond donors (Lipinski definition) is 0. The van der Waals surface area contributed by atoms with Crippen molar-refractivity contribution in [2.24, 2.45) is 0 Å². The highest BCUT2D eigenvalue weighted by Crippen LogP contribution is 2.32. The Balaban J connectivity index is 2.20. The highest BCUT2D eigenvalue weighted by molar-refractivity contribution is 6.30. The maximum Gasteiger partial charge on any atom is 0.0541 e. The molecule has 21 heavy (non-hydrogen) atoms. The maximum atomic E-state index is 6.26. The van der Waals surface area contributed by atoms with Crippen LogP contribution in [0.1, 0.15) is 5.56 Å². The number of para-hydroxylation sites is 2. The largest absolute Gasteiger partial charge is 0.309 e. The molecular weight excluding hydrogens is 278 g/mol. The fourth-order valence-electron chi connectivity index (χ4n) is 3.05. The third-order valence-electron chi connectivity index (χ3n) is 3.87. The summed E-state index contributed by atoms with van der Waals surface area (Å²) in [4.78, 5) is 0. The van der Waals surface area contributed by atoms with E-state index in [0.717, 1.165) is 10.7 Å². The smallest absolute Gasteiger partial charge is 0.0541 e. The molecule has 1 nitrogen and oxygen atoms in total. The third kappa shape index (κ3) is 1.93. The van der Waals surface area contributed by atoms with Gasteiger partial charge in [0.1, 0.15) is 0 Å². The van der Waals surface area contributed by atoms with Gasteiger partial charge in [-0.3, -0.25) is 0 Å². The van der Waals surface area contributed by atoms with Crippen molar-refractivity contribution in [3.8, 4) is 5.69 Å². The monoisotopic (exact) mass is 291 g/mol. The van der Waals surface area contributed by atoms with E-state index in [-0.39, 0.29) is 0 Å². The Morgan fingerprint density at radius 3 is 1.90 bits per heavy atom. The molecule has 4 rings (SSSR count). The maximum absolute atomic E-state index is 6.26. The van der Waals surface area contributed by atoms with Gasteiger partial charge in [0.2, 0.25) is 0 Å². The van der Waals surface area contributed by atoms with Crippen molar-refractivity contribution in [1.82, 2.24) is 4.57 Å². The Hall–Kier alpha value is -2.25. The molecule has 102 valence electrons. The summed E-state index contributed by atoms with van der Waals surface area (Å²) in [5, 5.41) is 3.31. The van der Waals surface area contributed by atoms with Gasteiger partial charge >= 0.3 is 0 Å². The van der Waals surface area contributed by atoms with Crippen molar-refractivity contribution >= 4 is 33.4 Å². The average molecular weight is 292 g/mol. The van der Waals surface area contributed by atoms with Gasteiger partial charge in [-0.15, -0.1) is 0 Å². The highest BCUT2D eigenvalue weighted by Gasteiger charge is 2.11. The van der Waals surface area contributed by atoms with Crippen molar-refractivity contribution in [2.45, 2.75) is 6.92 Å². The van der Waals surface area contributed by atoms with Crippen molar-refractivity contribution in [1.29, 1.82) is 0 Å². The lowest BCUT2D eigenvalue weighted by atomic mass is 10.2. The van der Waals surface area contributed by atoms with Crippen LogP contribution in [-0.4, -0.2) is 4.57 Å². The number of aryl methyl sites for hydroxylation is 1. The minimum Gasteiger partial charge on any atom is -0.309 e. The number of aromatic nitrogens is 1. The van der Waals surface area contributed by atoms with Gasteiger partial charge < -0.3 is 4.57 Å². The SMILES string of the molecule is Cc1cc(Cl)cc(-n2c3ccccc3c3ccccc32)c1. The van der Waals surface area contributed by atoms with Crippen LogP contribution in [0.2, 0.25) is 5.02 Å². The standard InChI is InChI=1S/C19H14ClN/c1-13-10-14(20)12-15(11-13)21-18-8-4-2-6-16(18)17-7-3-5-9-19(17)21/h2-12H,1H3. The molecule has 0 aliphatic carbocycles. The summed E-state index contributed by atoms with van der Waals surface area (Å²) in [6.07, 6.45) is 0. The summed E-state index contributed by atoms with van der Waals surface area (Å²) in [6.45, 7) is 2.07. The van der Waals surface area contributed by atoms with E-state index in [1.54, 1.807) is 0 Å². The Morgan fingerprint density at radius 2 is 1.33 bits per heavy atom. The fraction of sp³-hybridized carbons (Fsp3) is 0.0526. The second kappa shape index (κ2) is 4.64. The van der Waals surface area contributed by atoms with E-state index >= 15 is 0 Å². The second-order valence-corrected chi connectivity index (χ2v) is 5.79. The molecule has 0 N–H and O–H groups in total. The molecule has 0 fully saturated rings. The van der Waals surface area contributed by atoms with Crippen LogP contribution >= 0.6 is 11.6 Å². The molecule has 0 amide bonds. The molecule has 1 aromatic heterocycles. The third-order valence-corrected chi connectivity index (χ3v) is 4.08. The molecule has 0 spiro atoms. The number of benzene rings is 3. The first-order valence-electron chi connectivity index (χ1n) is 7.00. The summed E-state index contributed by atoms with van der Waals surface area (Å²) in [5.41, 5.74) is 4.69. The van der Waals surface area contributed by atoms with Gasteiger partial charge in [-0.2, -0.15) is 0 Å². The zero-order chi connectivity index (χ0) is 14.4. The molecular formula is C19H14ClN. The van der Waals surface area contributed by atoms with Gasteiger partial charge in [-0.1, -0.05) is 48.0 Å². The van der Waals surface area contributed by atoms with E-state index in [9.17, 15) is 0 Å². The van der Waals surface area contributed by atoms with Gasteiger partial charge in [-0.25, -0.2) is 0 Å². The van der Waals surface area contributed by atoms with Crippen LogP contribution in [0.4, 0.5) is 0 Å². The van der Waals surface area contributed by atoms with Crippen LogP contribution in [0.15, 0.2) is 66.7 Å². The molecule has 0 aliphatic rings. The van der Waals surface area contributed by atoms with Crippen LogP contribution in [0, 0.1) is 6.92 Å². The Kier molecular flexibility index (Phi) is 2.76. The molecule has 4 aromatic rings. The summed E-state index contributed by atoms with van der Waals surface area (Å²) in [5.74, 6) is 0. The molecule has 0 saturated heterocycles. The molecule has 2 heteroatoms. The van der Waals surface area contributed by atoms with E-state index in [0.29, 0.717) is 0 Å². The lowest BCUT2D eigenvalue weighted by Crippen LogP contribution is -1.94. The number of hydrogen-bond acceptors (Lipinski definition) is 0. The molecule has 0 atom stereocenters. The molecule has 0 radical (unpaired) electrons. The van der Waals surface area contributed by atoms with Crippen LogP contribution < -0.4 is 0 Å². The Labute approximate surface area is 128 Å². The van der Waals surface area contributed by atoms with Crippen molar-refractivity contribution < 1.29 is 0 Å². The van der Waals surface area contributed by atoms with Gasteiger partial charge in [0, 0.05) is 21.5 Å². The number of rotatable bonds is 1. The first-order chi connectivity index (χ1) is 10.2. The summed E-state index contributed by atoms with van der Waals surface area (Å²) in [7, 11) is 0. The van der Waals surface area contributed by atoms with Gasteiger partial charge in [0.05, 0.1) is 11.0 Å².